The maximum Gasteiger partial charge on any atom is 0.253 e. The van der Waals surface area contributed by atoms with E-state index >= 15 is 0 Å². The molecule has 5 nitrogen and oxygen atoms in total. The summed E-state index contributed by atoms with van der Waals surface area (Å²) in [5, 5.41) is 2.92. The average Bonchev–Trinajstić information content (AvgIpc) is 3.13. The second kappa shape index (κ2) is 5.57. The smallest absolute Gasteiger partial charge is 0.253 e. The molecule has 1 fully saturated rings. The summed E-state index contributed by atoms with van der Waals surface area (Å²) >= 11 is 3.11. The van der Waals surface area contributed by atoms with Gasteiger partial charge in [-0.25, -0.2) is 9.37 Å². The SMILES string of the molecule is O=C(NC1(c2ncc[nH]2)CCOC1)c1cccc(F)c1Br. The van der Waals surface area contributed by atoms with Crippen molar-refractivity contribution in [3.63, 3.8) is 0 Å². The molecule has 2 N–H and O–H groups in total. The lowest BCUT2D eigenvalue weighted by Gasteiger charge is -2.26. The monoisotopic (exact) mass is 353 g/mol. The molecule has 1 atom stereocenters. The van der Waals surface area contributed by atoms with Crippen LogP contribution in [0, 0.1) is 5.82 Å². The highest BCUT2D eigenvalue weighted by molar-refractivity contribution is 9.10. The summed E-state index contributed by atoms with van der Waals surface area (Å²) in [5.41, 5.74) is -0.459. The number of rotatable bonds is 3. The Balaban J connectivity index is 1.90. The number of aromatic nitrogens is 2. The molecule has 110 valence electrons. The number of ether oxygens (including phenoxy) is 1. The van der Waals surface area contributed by atoms with Crippen molar-refractivity contribution < 1.29 is 13.9 Å². The summed E-state index contributed by atoms with van der Waals surface area (Å²) in [4.78, 5) is 19.7. The van der Waals surface area contributed by atoms with E-state index in [2.05, 4.69) is 31.2 Å². The number of amides is 1. The molecule has 1 aliphatic heterocycles. The van der Waals surface area contributed by atoms with Gasteiger partial charge in [0, 0.05) is 25.4 Å². The summed E-state index contributed by atoms with van der Waals surface area (Å²) in [7, 11) is 0. The minimum atomic E-state index is -0.702. The van der Waals surface area contributed by atoms with E-state index in [1.807, 2.05) is 0 Å². The lowest BCUT2D eigenvalue weighted by molar-refractivity contribution is 0.0868. The molecule has 0 aliphatic carbocycles. The van der Waals surface area contributed by atoms with Gasteiger partial charge in [-0.3, -0.25) is 4.79 Å². The van der Waals surface area contributed by atoms with Crippen LogP contribution < -0.4 is 5.32 Å². The van der Waals surface area contributed by atoms with Crippen LogP contribution in [0.15, 0.2) is 35.1 Å². The lowest BCUT2D eigenvalue weighted by atomic mass is 9.97. The molecule has 1 amide bonds. The largest absolute Gasteiger partial charge is 0.378 e. The van der Waals surface area contributed by atoms with Crippen LogP contribution in [-0.2, 0) is 10.3 Å². The summed E-state index contributed by atoms with van der Waals surface area (Å²) < 4.78 is 19.1. The second-order valence-corrected chi connectivity index (χ2v) is 5.67. The van der Waals surface area contributed by atoms with E-state index in [1.54, 1.807) is 18.5 Å². The quantitative estimate of drug-likeness (QED) is 0.889. The van der Waals surface area contributed by atoms with Crippen molar-refractivity contribution in [2.45, 2.75) is 12.0 Å². The van der Waals surface area contributed by atoms with Crippen molar-refractivity contribution in [1.29, 1.82) is 0 Å². The predicted molar refractivity (Wildman–Crippen MR) is 77.3 cm³/mol. The van der Waals surface area contributed by atoms with E-state index < -0.39 is 11.4 Å². The highest BCUT2D eigenvalue weighted by atomic mass is 79.9. The molecule has 1 aliphatic rings. The first-order valence-corrected chi connectivity index (χ1v) is 7.26. The minimum Gasteiger partial charge on any atom is -0.378 e. The molecule has 0 bridgehead atoms. The molecule has 0 spiro atoms. The molecule has 1 aromatic heterocycles. The van der Waals surface area contributed by atoms with Crippen LogP contribution in [0.25, 0.3) is 0 Å². The first-order valence-electron chi connectivity index (χ1n) is 6.46. The number of imidazole rings is 1. The number of nitrogens with zero attached hydrogens (tertiary/aromatic N) is 1. The van der Waals surface area contributed by atoms with Gasteiger partial charge in [0.25, 0.3) is 5.91 Å². The number of carbonyl (C=O) groups excluding carboxylic acids is 1. The van der Waals surface area contributed by atoms with Crippen molar-refractivity contribution in [1.82, 2.24) is 15.3 Å². The highest BCUT2D eigenvalue weighted by Crippen LogP contribution is 2.29. The summed E-state index contributed by atoms with van der Waals surface area (Å²) in [6, 6.07) is 4.36. The maximum atomic E-state index is 13.6. The van der Waals surface area contributed by atoms with Crippen molar-refractivity contribution in [3.8, 4) is 0 Å². The molecular weight excluding hydrogens is 341 g/mol. The first-order chi connectivity index (χ1) is 10.1. The van der Waals surface area contributed by atoms with E-state index in [1.165, 1.54) is 12.1 Å². The van der Waals surface area contributed by atoms with Gasteiger partial charge in [-0.05, 0) is 28.1 Å². The Morgan fingerprint density at radius 2 is 2.38 bits per heavy atom. The number of hydrogen-bond donors (Lipinski definition) is 2. The number of nitrogens with one attached hydrogen (secondary N) is 2. The van der Waals surface area contributed by atoms with Crippen LogP contribution in [0.1, 0.15) is 22.6 Å². The number of H-pyrrole nitrogens is 1. The van der Waals surface area contributed by atoms with Gasteiger partial charge >= 0.3 is 0 Å². The molecular formula is C14H13BrFN3O2. The zero-order valence-corrected chi connectivity index (χ0v) is 12.6. The Morgan fingerprint density at radius 3 is 3.05 bits per heavy atom. The number of carbonyl (C=O) groups is 1. The van der Waals surface area contributed by atoms with Crippen molar-refractivity contribution >= 4 is 21.8 Å². The Hall–Kier alpha value is -1.73. The lowest BCUT2D eigenvalue weighted by Crippen LogP contribution is -2.47. The van der Waals surface area contributed by atoms with Gasteiger partial charge in [-0.2, -0.15) is 0 Å². The van der Waals surface area contributed by atoms with Crippen molar-refractivity contribution in [2.75, 3.05) is 13.2 Å². The first kappa shape index (κ1) is 14.2. The molecule has 1 aromatic carbocycles. The molecule has 1 unspecified atom stereocenters. The van der Waals surface area contributed by atoms with E-state index in [0.29, 0.717) is 25.5 Å². The van der Waals surface area contributed by atoms with Crippen LogP contribution in [0.3, 0.4) is 0 Å². The fourth-order valence-electron chi connectivity index (χ4n) is 2.40. The number of aromatic amines is 1. The van der Waals surface area contributed by atoms with E-state index in [-0.39, 0.29) is 15.9 Å². The molecule has 21 heavy (non-hydrogen) atoms. The molecule has 2 heterocycles. The van der Waals surface area contributed by atoms with Gasteiger partial charge in [0.1, 0.15) is 17.2 Å². The molecule has 7 heteroatoms. The Kier molecular flexibility index (Phi) is 3.77. The van der Waals surface area contributed by atoms with Gasteiger partial charge in [-0.1, -0.05) is 6.07 Å². The van der Waals surface area contributed by atoms with Gasteiger partial charge in [0.05, 0.1) is 16.6 Å². The fourth-order valence-corrected chi connectivity index (χ4v) is 2.84. The normalized spacial score (nSPS) is 21.4. The highest BCUT2D eigenvalue weighted by Gasteiger charge is 2.41. The van der Waals surface area contributed by atoms with Gasteiger partial charge in [0.2, 0.25) is 0 Å². The summed E-state index contributed by atoms with van der Waals surface area (Å²) in [5.74, 6) is -0.207. The Labute approximate surface area is 129 Å². The van der Waals surface area contributed by atoms with Crippen LogP contribution in [0.5, 0.6) is 0 Å². The third kappa shape index (κ3) is 2.58. The molecule has 0 saturated carbocycles. The standard InChI is InChI=1S/C14H13BrFN3O2/c15-11-9(2-1-3-10(11)16)12(20)19-14(4-7-21-8-14)13-17-5-6-18-13/h1-3,5-6H,4,7-8H2,(H,17,18)(H,19,20). The van der Waals surface area contributed by atoms with E-state index in [0.717, 1.165) is 0 Å². The number of hydrogen-bond acceptors (Lipinski definition) is 3. The molecule has 0 radical (unpaired) electrons. The fraction of sp³-hybridized carbons (Fsp3) is 0.286. The maximum absolute atomic E-state index is 13.6. The van der Waals surface area contributed by atoms with Crippen molar-refractivity contribution in [3.05, 3.63) is 52.3 Å². The topological polar surface area (TPSA) is 67.0 Å². The second-order valence-electron chi connectivity index (χ2n) is 4.88. The van der Waals surface area contributed by atoms with E-state index in [9.17, 15) is 9.18 Å². The zero-order chi connectivity index (χ0) is 14.9. The van der Waals surface area contributed by atoms with Crippen LogP contribution in [-0.4, -0.2) is 29.1 Å². The average molecular weight is 354 g/mol. The predicted octanol–water partition coefficient (Wildman–Crippen LogP) is 2.36. The van der Waals surface area contributed by atoms with Gasteiger partial charge < -0.3 is 15.0 Å². The molecule has 3 rings (SSSR count). The van der Waals surface area contributed by atoms with Gasteiger partial charge in [-0.15, -0.1) is 0 Å². The number of halogens is 2. The number of benzene rings is 1. The van der Waals surface area contributed by atoms with Gasteiger partial charge in [0.15, 0.2) is 0 Å². The Morgan fingerprint density at radius 1 is 1.52 bits per heavy atom. The van der Waals surface area contributed by atoms with Crippen LogP contribution >= 0.6 is 15.9 Å². The Bertz CT molecular complexity index is 654. The summed E-state index contributed by atoms with van der Waals surface area (Å²) in [6.07, 6.45) is 3.93. The van der Waals surface area contributed by atoms with Crippen LogP contribution in [0.4, 0.5) is 4.39 Å². The van der Waals surface area contributed by atoms with Crippen molar-refractivity contribution in [2.24, 2.45) is 0 Å². The third-order valence-electron chi connectivity index (χ3n) is 3.52. The minimum absolute atomic E-state index is 0.149. The zero-order valence-electron chi connectivity index (χ0n) is 11.0. The van der Waals surface area contributed by atoms with Crippen LogP contribution in [0.2, 0.25) is 0 Å². The summed E-state index contributed by atoms with van der Waals surface area (Å²) in [6.45, 7) is 0.866. The molecule has 1 saturated heterocycles. The molecule has 2 aromatic rings. The van der Waals surface area contributed by atoms with E-state index in [4.69, 9.17) is 4.74 Å². The third-order valence-corrected chi connectivity index (χ3v) is 4.33.